The quantitative estimate of drug-likeness (QED) is 0.487. The Hall–Kier alpha value is -0.560. The van der Waals surface area contributed by atoms with Crippen molar-refractivity contribution in [2.75, 3.05) is 5.88 Å². The van der Waals surface area contributed by atoms with Crippen molar-refractivity contribution in [1.29, 1.82) is 0 Å². The summed E-state index contributed by atoms with van der Waals surface area (Å²) in [7, 11) is 0. The Morgan fingerprint density at radius 1 is 1.42 bits per heavy atom. The molecule has 6 nitrogen and oxygen atoms in total. The molecule has 24 heavy (non-hydrogen) atoms. The summed E-state index contributed by atoms with van der Waals surface area (Å²) in [5.41, 5.74) is -2.65. The Balaban J connectivity index is 1.90. The minimum atomic E-state index is -1.51. The standard InChI is InChI=1S/C16H23Cl2NO5/c1-15-9(5-3-7-17)13(22)19-16(15,14(23)24-15)12(21)8-4-2-6-10(18)11(8)20/h8-12,20-21H,2-7H2,1H3,(H,19,22)/t8-,9-,10-,11-,12-,15-,16-/m0/s1. The number of amides is 1. The van der Waals surface area contributed by atoms with Crippen LogP contribution < -0.4 is 5.32 Å². The fraction of sp³-hybridized carbons (Fsp3) is 0.875. The van der Waals surface area contributed by atoms with Gasteiger partial charge >= 0.3 is 5.97 Å². The van der Waals surface area contributed by atoms with Gasteiger partial charge in [-0.1, -0.05) is 6.42 Å². The second-order valence-corrected chi connectivity index (χ2v) is 8.16. The smallest absolute Gasteiger partial charge is 0.339 e. The van der Waals surface area contributed by atoms with E-state index in [1.165, 1.54) is 0 Å². The number of aliphatic hydroxyl groups excluding tert-OH is 2. The van der Waals surface area contributed by atoms with Crippen molar-refractivity contribution in [3.63, 3.8) is 0 Å². The SMILES string of the molecule is C[C@@]12OC(=O)[C@]1([C@@H](O)[C@H]1CCC[C@H](Cl)[C@H]1O)NC(=O)[C@@H]2CCCCl. The molecule has 1 aliphatic carbocycles. The zero-order valence-corrected chi connectivity index (χ0v) is 15.0. The number of esters is 1. The molecule has 3 N–H and O–H groups in total. The van der Waals surface area contributed by atoms with Crippen LogP contribution in [-0.2, 0) is 14.3 Å². The Morgan fingerprint density at radius 2 is 2.12 bits per heavy atom. The summed E-state index contributed by atoms with van der Waals surface area (Å²) in [6, 6.07) is 0. The zero-order chi connectivity index (χ0) is 17.7. The first-order chi connectivity index (χ1) is 11.3. The van der Waals surface area contributed by atoms with Gasteiger partial charge in [0.25, 0.3) is 0 Å². The van der Waals surface area contributed by atoms with Crippen LogP contribution in [0.25, 0.3) is 0 Å². The molecule has 1 amide bonds. The van der Waals surface area contributed by atoms with Crippen LogP contribution >= 0.6 is 23.2 Å². The molecular weight excluding hydrogens is 357 g/mol. The van der Waals surface area contributed by atoms with Gasteiger partial charge in [-0.2, -0.15) is 0 Å². The highest BCUT2D eigenvalue weighted by Crippen LogP contribution is 2.54. The average molecular weight is 380 g/mol. The van der Waals surface area contributed by atoms with Crippen LogP contribution in [0.2, 0.25) is 0 Å². The van der Waals surface area contributed by atoms with Gasteiger partial charge in [-0.25, -0.2) is 4.79 Å². The molecule has 3 aliphatic rings. The summed E-state index contributed by atoms with van der Waals surface area (Å²) in [6.45, 7) is 1.67. The first kappa shape index (κ1) is 18.2. The van der Waals surface area contributed by atoms with Crippen LogP contribution in [0, 0.1) is 11.8 Å². The maximum atomic E-state index is 12.4. The lowest BCUT2D eigenvalue weighted by molar-refractivity contribution is -0.243. The minimum absolute atomic E-state index is 0.319. The zero-order valence-electron chi connectivity index (χ0n) is 13.5. The van der Waals surface area contributed by atoms with E-state index in [2.05, 4.69) is 5.32 Å². The lowest BCUT2D eigenvalue weighted by atomic mass is 9.63. The molecule has 0 spiro atoms. The molecule has 0 unspecified atom stereocenters. The highest BCUT2D eigenvalue weighted by atomic mass is 35.5. The number of carbonyl (C=O) groups excluding carboxylic acids is 2. The van der Waals surface area contributed by atoms with Crippen LogP contribution in [0.1, 0.15) is 39.0 Å². The van der Waals surface area contributed by atoms with E-state index in [9.17, 15) is 19.8 Å². The summed E-state index contributed by atoms with van der Waals surface area (Å²) in [5.74, 6) is -1.71. The molecule has 2 saturated heterocycles. The van der Waals surface area contributed by atoms with Crippen LogP contribution in [0.4, 0.5) is 0 Å². The number of aliphatic hydroxyl groups is 2. The van der Waals surface area contributed by atoms with Gasteiger partial charge in [0.15, 0.2) is 5.60 Å². The summed E-state index contributed by atoms with van der Waals surface area (Å²) >= 11 is 11.9. The molecule has 0 bridgehead atoms. The summed E-state index contributed by atoms with van der Waals surface area (Å²) in [4.78, 5) is 24.8. The fourth-order valence-electron chi connectivity index (χ4n) is 4.56. The van der Waals surface area contributed by atoms with E-state index in [0.29, 0.717) is 31.6 Å². The van der Waals surface area contributed by atoms with Crippen LogP contribution in [-0.4, -0.2) is 56.7 Å². The Kier molecular flexibility index (Phi) is 4.79. The highest BCUT2D eigenvalue weighted by molar-refractivity contribution is 6.21. The van der Waals surface area contributed by atoms with Gasteiger partial charge < -0.3 is 20.3 Å². The van der Waals surface area contributed by atoms with Gasteiger partial charge in [0.05, 0.1) is 23.5 Å². The lowest BCUT2D eigenvalue weighted by Crippen LogP contribution is -2.80. The predicted molar refractivity (Wildman–Crippen MR) is 87.8 cm³/mol. The minimum Gasteiger partial charge on any atom is -0.453 e. The number of halogens is 2. The topological polar surface area (TPSA) is 95.9 Å². The second-order valence-electron chi connectivity index (χ2n) is 7.22. The molecule has 1 saturated carbocycles. The Morgan fingerprint density at radius 3 is 2.75 bits per heavy atom. The Bertz CT molecular complexity index is 547. The monoisotopic (exact) mass is 379 g/mol. The molecule has 2 aliphatic heterocycles. The average Bonchev–Trinajstić information content (AvgIpc) is 2.71. The molecule has 8 heteroatoms. The normalized spacial score (nSPS) is 45.9. The molecule has 0 radical (unpaired) electrons. The first-order valence-electron chi connectivity index (χ1n) is 8.41. The van der Waals surface area contributed by atoms with Gasteiger partial charge in [-0.3, -0.25) is 4.79 Å². The predicted octanol–water partition coefficient (Wildman–Crippen LogP) is 0.935. The van der Waals surface area contributed by atoms with E-state index in [0.717, 1.165) is 6.42 Å². The number of alkyl halides is 2. The molecule has 2 heterocycles. The van der Waals surface area contributed by atoms with Crippen molar-refractivity contribution >= 4 is 35.1 Å². The largest absolute Gasteiger partial charge is 0.453 e. The fourth-order valence-corrected chi connectivity index (χ4v) is 5.06. The molecule has 7 atom stereocenters. The molecule has 0 aromatic heterocycles. The third kappa shape index (κ3) is 2.30. The number of ether oxygens (including phenoxy) is 1. The number of fused-ring (bicyclic) bond motifs is 1. The van der Waals surface area contributed by atoms with E-state index in [1.807, 2.05) is 0 Å². The molecule has 136 valence electrons. The lowest BCUT2D eigenvalue weighted by Gasteiger charge is -2.55. The van der Waals surface area contributed by atoms with Crippen molar-refractivity contribution in [2.45, 2.75) is 67.8 Å². The molecular formula is C16H23Cl2NO5. The van der Waals surface area contributed by atoms with Gasteiger partial charge in [-0.05, 0) is 32.6 Å². The van der Waals surface area contributed by atoms with Crippen molar-refractivity contribution in [2.24, 2.45) is 11.8 Å². The van der Waals surface area contributed by atoms with Crippen LogP contribution in [0.15, 0.2) is 0 Å². The van der Waals surface area contributed by atoms with E-state index in [-0.39, 0.29) is 5.91 Å². The van der Waals surface area contributed by atoms with E-state index in [1.54, 1.807) is 6.92 Å². The van der Waals surface area contributed by atoms with Gasteiger partial charge in [0.2, 0.25) is 11.4 Å². The third-order valence-electron chi connectivity index (χ3n) is 6.01. The van der Waals surface area contributed by atoms with Crippen molar-refractivity contribution in [3.05, 3.63) is 0 Å². The van der Waals surface area contributed by atoms with Crippen LogP contribution in [0.3, 0.4) is 0 Å². The maximum Gasteiger partial charge on any atom is 0.339 e. The number of carbonyl (C=O) groups is 2. The van der Waals surface area contributed by atoms with Crippen LogP contribution in [0.5, 0.6) is 0 Å². The van der Waals surface area contributed by atoms with Crippen molar-refractivity contribution in [1.82, 2.24) is 5.32 Å². The van der Waals surface area contributed by atoms with Gasteiger partial charge in [-0.15, -0.1) is 23.2 Å². The first-order valence-corrected chi connectivity index (χ1v) is 9.38. The van der Waals surface area contributed by atoms with E-state index >= 15 is 0 Å². The number of hydrogen-bond acceptors (Lipinski definition) is 5. The van der Waals surface area contributed by atoms with E-state index in [4.69, 9.17) is 27.9 Å². The second kappa shape index (κ2) is 6.31. The number of rotatable bonds is 5. The summed E-state index contributed by atoms with van der Waals surface area (Å²) in [6.07, 6.45) is 0.850. The van der Waals surface area contributed by atoms with Crippen molar-refractivity contribution < 1.29 is 24.5 Å². The summed E-state index contributed by atoms with van der Waals surface area (Å²) in [5, 5.41) is 23.6. The molecule has 0 aromatic rings. The molecule has 0 aromatic carbocycles. The summed E-state index contributed by atoms with van der Waals surface area (Å²) < 4.78 is 5.37. The van der Waals surface area contributed by atoms with Gasteiger partial charge in [0.1, 0.15) is 0 Å². The van der Waals surface area contributed by atoms with Crippen molar-refractivity contribution in [3.8, 4) is 0 Å². The third-order valence-corrected chi connectivity index (χ3v) is 6.76. The molecule has 3 fully saturated rings. The molecule has 3 rings (SSSR count). The van der Waals surface area contributed by atoms with Gasteiger partial charge in [0, 0.05) is 11.8 Å². The number of nitrogens with one attached hydrogen (secondary N) is 1. The Labute approximate surface area is 150 Å². The number of hydrogen-bond donors (Lipinski definition) is 3. The maximum absolute atomic E-state index is 12.4. The van der Waals surface area contributed by atoms with E-state index < -0.39 is 46.5 Å². The highest BCUT2D eigenvalue weighted by Gasteiger charge is 2.79.